The smallest absolute Gasteiger partial charge is 0.101 e. The van der Waals surface area contributed by atoms with E-state index in [4.69, 9.17) is 0 Å². The van der Waals surface area contributed by atoms with Crippen LogP contribution in [0.2, 0.25) is 0 Å². The van der Waals surface area contributed by atoms with E-state index >= 15 is 0 Å². The normalized spacial score (nSPS) is 14.1. The van der Waals surface area contributed by atoms with Crippen LogP contribution in [0.3, 0.4) is 0 Å². The molecule has 110 valence electrons. The highest BCUT2D eigenvalue weighted by Gasteiger charge is 2.19. The molecule has 0 aliphatic rings. The minimum atomic E-state index is -0.604. The van der Waals surface area contributed by atoms with Crippen molar-refractivity contribution in [2.45, 2.75) is 26.0 Å². The van der Waals surface area contributed by atoms with Gasteiger partial charge >= 0.3 is 0 Å². The summed E-state index contributed by atoms with van der Waals surface area (Å²) in [7, 11) is 1.81. The highest BCUT2D eigenvalue weighted by Crippen LogP contribution is 2.21. The lowest BCUT2D eigenvalue weighted by atomic mass is 10.0. The molecule has 0 fully saturated rings. The van der Waals surface area contributed by atoms with E-state index in [1.165, 1.54) is 5.56 Å². The molecule has 0 spiro atoms. The highest BCUT2D eigenvalue weighted by molar-refractivity contribution is 5.37. The van der Waals surface area contributed by atoms with Gasteiger partial charge in [0, 0.05) is 7.05 Å². The Kier molecular flexibility index (Phi) is 5.06. The zero-order chi connectivity index (χ0) is 15.2. The van der Waals surface area contributed by atoms with Crippen molar-refractivity contribution in [3.05, 3.63) is 65.7 Å². The first-order valence-corrected chi connectivity index (χ1v) is 7.02. The van der Waals surface area contributed by atoms with Gasteiger partial charge in [-0.15, -0.1) is 5.11 Å². The molecule has 0 aliphatic carbocycles. The zero-order valence-corrected chi connectivity index (χ0v) is 12.6. The number of aliphatic hydroxyl groups excluding tert-OH is 1. The molecule has 2 aromatic carbocycles. The number of hydrogen-bond donors (Lipinski definition) is 1. The fourth-order valence-electron chi connectivity index (χ4n) is 1.95. The van der Waals surface area contributed by atoms with Crippen molar-refractivity contribution in [2.24, 2.45) is 10.3 Å². The highest BCUT2D eigenvalue weighted by atomic mass is 16.3. The summed E-state index contributed by atoms with van der Waals surface area (Å²) in [6.07, 6.45) is -0.604. The van der Waals surface area contributed by atoms with Gasteiger partial charge in [0.1, 0.15) is 6.10 Å². The van der Waals surface area contributed by atoms with Crippen molar-refractivity contribution in [3.63, 3.8) is 0 Å². The number of nitrogens with zero attached hydrogens (tertiary/aromatic N) is 3. The van der Waals surface area contributed by atoms with Gasteiger partial charge in [-0.2, -0.15) is 0 Å². The van der Waals surface area contributed by atoms with Crippen molar-refractivity contribution in [1.82, 2.24) is 5.01 Å². The third-order valence-electron chi connectivity index (χ3n) is 3.52. The summed E-state index contributed by atoms with van der Waals surface area (Å²) in [5.74, 6) is 0. The number of aryl methyl sites for hydroxylation is 1. The Bertz CT molecular complexity index is 581. The Labute approximate surface area is 125 Å². The molecular weight excluding hydrogens is 262 g/mol. The molecule has 0 aromatic heterocycles. The van der Waals surface area contributed by atoms with E-state index in [1.807, 2.05) is 75.5 Å². The third kappa shape index (κ3) is 4.13. The molecule has 4 heteroatoms. The maximum Gasteiger partial charge on any atom is 0.101 e. The van der Waals surface area contributed by atoms with E-state index in [9.17, 15) is 5.11 Å². The standard InChI is InChI=1S/C17H21N3O/c1-13-9-11-16(12-10-13)18-19-20(3)14(2)17(21)15-7-5-4-6-8-15/h4-12,14,17,21H,1-3H3/t14-,17+/m0/s1. The summed E-state index contributed by atoms with van der Waals surface area (Å²) in [5, 5.41) is 20.4. The molecule has 21 heavy (non-hydrogen) atoms. The van der Waals surface area contributed by atoms with Gasteiger partial charge in [-0.05, 0) is 31.5 Å². The van der Waals surface area contributed by atoms with Crippen molar-refractivity contribution in [1.29, 1.82) is 0 Å². The molecular formula is C17H21N3O. The van der Waals surface area contributed by atoms with Crippen molar-refractivity contribution < 1.29 is 5.11 Å². The maximum absolute atomic E-state index is 10.3. The Morgan fingerprint density at radius 3 is 2.24 bits per heavy atom. The molecule has 2 rings (SSSR count). The summed E-state index contributed by atoms with van der Waals surface area (Å²) in [6, 6.07) is 17.3. The lowest BCUT2D eigenvalue weighted by Crippen LogP contribution is -2.30. The average Bonchev–Trinajstić information content (AvgIpc) is 2.53. The summed E-state index contributed by atoms with van der Waals surface area (Å²) in [5.41, 5.74) is 2.87. The molecule has 4 nitrogen and oxygen atoms in total. The third-order valence-corrected chi connectivity index (χ3v) is 3.52. The molecule has 0 saturated carbocycles. The Morgan fingerprint density at radius 2 is 1.62 bits per heavy atom. The van der Waals surface area contributed by atoms with Crippen molar-refractivity contribution in [2.75, 3.05) is 7.05 Å². The number of hydrogen-bond acceptors (Lipinski definition) is 3. The monoisotopic (exact) mass is 283 g/mol. The Morgan fingerprint density at radius 1 is 1.00 bits per heavy atom. The van der Waals surface area contributed by atoms with Crippen LogP contribution in [0.1, 0.15) is 24.2 Å². The molecule has 2 atom stereocenters. The lowest BCUT2D eigenvalue weighted by molar-refractivity contribution is 0.0701. The van der Waals surface area contributed by atoms with Crippen LogP contribution in [0, 0.1) is 6.92 Å². The lowest BCUT2D eigenvalue weighted by Gasteiger charge is -2.25. The van der Waals surface area contributed by atoms with Crippen LogP contribution in [-0.4, -0.2) is 23.2 Å². The Hall–Kier alpha value is -2.20. The van der Waals surface area contributed by atoms with Crippen LogP contribution in [0.15, 0.2) is 64.9 Å². The molecule has 0 unspecified atom stereocenters. The molecule has 1 N–H and O–H groups in total. The van der Waals surface area contributed by atoms with Crippen LogP contribution in [0.25, 0.3) is 0 Å². The van der Waals surface area contributed by atoms with Crippen LogP contribution in [-0.2, 0) is 0 Å². The molecule has 0 heterocycles. The van der Waals surface area contributed by atoms with Gasteiger partial charge in [0.15, 0.2) is 0 Å². The van der Waals surface area contributed by atoms with Crippen LogP contribution in [0.5, 0.6) is 0 Å². The number of benzene rings is 2. The van der Waals surface area contributed by atoms with Gasteiger partial charge in [0.05, 0.1) is 11.7 Å². The van der Waals surface area contributed by atoms with E-state index in [0.717, 1.165) is 11.3 Å². The quantitative estimate of drug-likeness (QED) is 0.665. The fourth-order valence-corrected chi connectivity index (χ4v) is 1.95. The molecule has 0 saturated heterocycles. The first-order chi connectivity index (χ1) is 10.1. The largest absolute Gasteiger partial charge is 0.386 e. The molecule has 0 aliphatic heterocycles. The average molecular weight is 283 g/mol. The van der Waals surface area contributed by atoms with E-state index < -0.39 is 6.10 Å². The minimum absolute atomic E-state index is 0.165. The zero-order valence-electron chi connectivity index (χ0n) is 12.6. The maximum atomic E-state index is 10.3. The second kappa shape index (κ2) is 6.99. The Balaban J connectivity index is 2.02. The minimum Gasteiger partial charge on any atom is -0.386 e. The second-order valence-electron chi connectivity index (χ2n) is 5.19. The van der Waals surface area contributed by atoms with Gasteiger partial charge < -0.3 is 5.11 Å². The SMILES string of the molecule is Cc1ccc(N=NN(C)[C@@H](C)[C@@H](O)c2ccccc2)cc1. The van der Waals surface area contributed by atoms with Crippen LogP contribution >= 0.6 is 0 Å². The molecule has 0 bridgehead atoms. The summed E-state index contributed by atoms with van der Waals surface area (Å²) in [4.78, 5) is 0. The number of rotatable bonds is 5. The van der Waals surface area contributed by atoms with E-state index in [-0.39, 0.29) is 6.04 Å². The van der Waals surface area contributed by atoms with Crippen molar-refractivity contribution >= 4 is 5.69 Å². The second-order valence-corrected chi connectivity index (χ2v) is 5.19. The van der Waals surface area contributed by atoms with Gasteiger partial charge in [0.25, 0.3) is 0 Å². The van der Waals surface area contributed by atoms with Crippen LogP contribution in [0.4, 0.5) is 5.69 Å². The topological polar surface area (TPSA) is 48.2 Å². The molecule has 0 radical (unpaired) electrons. The number of aliphatic hydroxyl groups is 1. The summed E-state index contributed by atoms with van der Waals surface area (Å²) in [6.45, 7) is 3.96. The van der Waals surface area contributed by atoms with E-state index in [1.54, 1.807) is 5.01 Å². The number of likely N-dealkylation sites (N-methyl/N-ethyl adjacent to an activating group) is 1. The molecule has 2 aromatic rings. The van der Waals surface area contributed by atoms with Gasteiger partial charge in [0.2, 0.25) is 0 Å². The van der Waals surface area contributed by atoms with Crippen molar-refractivity contribution in [3.8, 4) is 0 Å². The molecule has 0 amide bonds. The predicted molar refractivity (Wildman–Crippen MR) is 84.3 cm³/mol. The van der Waals surface area contributed by atoms with Crippen LogP contribution < -0.4 is 0 Å². The summed E-state index contributed by atoms with van der Waals surface area (Å²) < 4.78 is 0. The summed E-state index contributed by atoms with van der Waals surface area (Å²) >= 11 is 0. The first-order valence-electron chi connectivity index (χ1n) is 7.02. The van der Waals surface area contributed by atoms with Gasteiger partial charge in [-0.1, -0.05) is 53.3 Å². The van der Waals surface area contributed by atoms with E-state index in [0.29, 0.717) is 0 Å². The fraction of sp³-hybridized carbons (Fsp3) is 0.294. The van der Waals surface area contributed by atoms with Gasteiger partial charge in [-0.25, -0.2) is 0 Å². The predicted octanol–water partition coefficient (Wildman–Crippen LogP) is 4.05. The van der Waals surface area contributed by atoms with E-state index in [2.05, 4.69) is 10.3 Å². The van der Waals surface area contributed by atoms with Gasteiger partial charge in [-0.3, -0.25) is 5.01 Å². The first kappa shape index (κ1) is 15.2.